The third-order valence-electron chi connectivity index (χ3n) is 4.30. The second-order valence-electron chi connectivity index (χ2n) is 5.74. The van der Waals surface area contributed by atoms with E-state index in [9.17, 15) is 0 Å². The Bertz CT molecular complexity index is 548. The molecule has 0 spiro atoms. The van der Waals surface area contributed by atoms with Gasteiger partial charge in [-0.3, -0.25) is 4.40 Å². The molecule has 3 atom stereocenters. The first kappa shape index (κ1) is 12.6. The summed E-state index contributed by atoms with van der Waals surface area (Å²) in [5.74, 6) is 1.77. The molecule has 0 radical (unpaired) electrons. The zero-order valence-corrected chi connectivity index (χ0v) is 11.7. The van der Waals surface area contributed by atoms with Crippen molar-refractivity contribution >= 4 is 5.65 Å². The van der Waals surface area contributed by atoms with Gasteiger partial charge in [-0.2, -0.15) is 0 Å². The first-order valence-electron chi connectivity index (χ1n) is 7.31. The van der Waals surface area contributed by atoms with Crippen molar-refractivity contribution in [3.8, 4) is 0 Å². The van der Waals surface area contributed by atoms with Gasteiger partial charge >= 0.3 is 0 Å². The SMILES string of the molecule is CC(NC1CCCCC1C)c1nnc2ccccn12. The van der Waals surface area contributed by atoms with Gasteiger partial charge in [0.15, 0.2) is 11.5 Å². The smallest absolute Gasteiger partial charge is 0.160 e. The van der Waals surface area contributed by atoms with Gasteiger partial charge in [-0.1, -0.05) is 25.8 Å². The van der Waals surface area contributed by atoms with Crippen LogP contribution in [0.2, 0.25) is 0 Å². The second kappa shape index (κ2) is 5.29. The maximum absolute atomic E-state index is 4.34. The maximum atomic E-state index is 4.34. The first-order chi connectivity index (χ1) is 9.25. The Morgan fingerprint density at radius 1 is 1.26 bits per heavy atom. The van der Waals surface area contributed by atoms with E-state index in [1.54, 1.807) is 0 Å². The first-order valence-corrected chi connectivity index (χ1v) is 7.31. The van der Waals surface area contributed by atoms with Gasteiger partial charge in [0, 0.05) is 12.2 Å². The largest absolute Gasteiger partial charge is 0.304 e. The summed E-state index contributed by atoms with van der Waals surface area (Å²) in [5.41, 5.74) is 0.919. The minimum absolute atomic E-state index is 0.239. The van der Waals surface area contributed by atoms with Crippen molar-refractivity contribution in [2.24, 2.45) is 5.92 Å². The summed E-state index contributed by atoms with van der Waals surface area (Å²) in [6.45, 7) is 4.54. The number of hydrogen-bond donors (Lipinski definition) is 1. The molecule has 1 aliphatic rings. The molecule has 102 valence electrons. The number of pyridine rings is 1. The van der Waals surface area contributed by atoms with Gasteiger partial charge in [0.1, 0.15) is 0 Å². The molecule has 1 saturated carbocycles. The Hall–Kier alpha value is -1.42. The summed E-state index contributed by atoms with van der Waals surface area (Å²) >= 11 is 0. The Kier molecular flexibility index (Phi) is 3.51. The number of nitrogens with one attached hydrogen (secondary N) is 1. The van der Waals surface area contributed by atoms with Crippen LogP contribution in [0.3, 0.4) is 0 Å². The molecule has 4 heteroatoms. The molecule has 3 rings (SSSR count). The summed E-state index contributed by atoms with van der Waals surface area (Å²) in [4.78, 5) is 0. The molecule has 19 heavy (non-hydrogen) atoms. The van der Waals surface area contributed by atoms with Crippen LogP contribution < -0.4 is 5.32 Å². The van der Waals surface area contributed by atoms with Crippen molar-refractivity contribution in [1.29, 1.82) is 0 Å². The predicted molar refractivity (Wildman–Crippen MR) is 76.0 cm³/mol. The summed E-state index contributed by atoms with van der Waals surface area (Å²) in [7, 11) is 0. The van der Waals surface area contributed by atoms with Crippen LogP contribution in [0.1, 0.15) is 51.4 Å². The quantitative estimate of drug-likeness (QED) is 0.920. The zero-order chi connectivity index (χ0) is 13.2. The number of aromatic nitrogens is 3. The Morgan fingerprint density at radius 2 is 2.11 bits per heavy atom. The molecule has 2 aromatic rings. The van der Waals surface area contributed by atoms with Crippen LogP contribution in [0.5, 0.6) is 0 Å². The van der Waals surface area contributed by atoms with E-state index in [1.165, 1.54) is 25.7 Å². The third-order valence-corrected chi connectivity index (χ3v) is 4.30. The number of fused-ring (bicyclic) bond motifs is 1. The van der Waals surface area contributed by atoms with Gasteiger partial charge in [0.25, 0.3) is 0 Å². The minimum Gasteiger partial charge on any atom is -0.304 e. The van der Waals surface area contributed by atoms with Crippen LogP contribution in [0, 0.1) is 5.92 Å². The molecular formula is C15H22N4. The molecule has 0 amide bonds. The van der Waals surface area contributed by atoms with Crippen LogP contribution in [0.4, 0.5) is 0 Å². The second-order valence-corrected chi connectivity index (χ2v) is 5.74. The lowest BCUT2D eigenvalue weighted by Crippen LogP contribution is -2.39. The molecule has 0 saturated heterocycles. The van der Waals surface area contributed by atoms with Crippen LogP contribution in [0.25, 0.3) is 5.65 Å². The number of rotatable bonds is 3. The fourth-order valence-corrected chi connectivity index (χ4v) is 3.11. The monoisotopic (exact) mass is 258 g/mol. The van der Waals surface area contributed by atoms with Gasteiger partial charge in [-0.25, -0.2) is 0 Å². The Morgan fingerprint density at radius 3 is 2.95 bits per heavy atom. The van der Waals surface area contributed by atoms with Crippen LogP contribution in [-0.4, -0.2) is 20.6 Å². The highest BCUT2D eigenvalue weighted by Gasteiger charge is 2.24. The fraction of sp³-hybridized carbons (Fsp3) is 0.600. The standard InChI is InChI=1S/C15H22N4/c1-11-7-3-4-8-13(11)16-12(2)15-18-17-14-9-5-6-10-19(14)15/h5-6,9-13,16H,3-4,7-8H2,1-2H3. The highest BCUT2D eigenvalue weighted by Crippen LogP contribution is 2.26. The summed E-state index contributed by atoms with van der Waals surface area (Å²) < 4.78 is 2.07. The van der Waals surface area contributed by atoms with Crippen LogP contribution in [-0.2, 0) is 0 Å². The molecule has 1 N–H and O–H groups in total. The van der Waals surface area contributed by atoms with E-state index >= 15 is 0 Å². The highest BCUT2D eigenvalue weighted by atomic mass is 15.3. The van der Waals surface area contributed by atoms with Crippen molar-refractivity contribution in [2.75, 3.05) is 0 Å². The number of nitrogens with zero attached hydrogens (tertiary/aromatic N) is 3. The molecule has 0 bridgehead atoms. The molecule has 2 heterocycles. The summed E-state index contributed by atoms with van der Waals surface area (Å²) in [5, 5.41) is 12.3. The van der Waals surface area contributed by atoms with E-state index in [1.807, 2.05) is 24.4 Å². The van der Waals surface area contributed by atoms with Gasteiger partial charge < -0.3 is 5.32 Å². The Balaban J connectivity index is 1.78. The predicted octanol–water partition coefficient (Wildman–Crippen LogP) is 2.96. The van der Waals surface area contributed by atoms with Crippen molar-refractivity contribution in [3.05, 3.63) is 30.2 Å². The van der Waals surface area contributed by atoms with E-state index < -0.39 is 0 Å². The van der Waals surface area contributed by atoms with Crippen molar-refractivity contribution in [2.45, 2.75) is 51.6 Å². The molecule has 0 aliphatic heterocycles. The maximum Gasteiger partial charge on any atom is 0.160 e. The van der Waals surface area contributed by atoms with Gasteiger partial charge in [-0.05, 0) is 37.8 Å². The summed E-state index contributed by atoms with van der Waals surface area (Å²) in [6.07, 6.45) is 7.37. The van der Waals surface area contributed by atoms with E-state index in [0.717, 1.165) is 17.4 Å². The highest BCUT2D eigenvalue weighted by molar-refractivity contribution is 5.37. The molecule has 0 aromatic carbocycles. The van der Waals surface area contributed by atoms with E-state index in [4.69, 9.17) is 0 Å². The third kappa shape index (κ3) is 2.50. The number of hydrogen-bond acceptors (Lipinski definition) is 3. The zero-order valence-electron chi connectivity index (χ0n) is 11.7. The Labute approximate surface area is 114 Å². The summed E-state index contributed by atoms with van der Waals surface area (Å²) in [6, 6.07) is 6.86. The van der Waals surface area contributed by atoms with E-state index in [0.29, 0.717) is 6.04 Å². The lowest BCUT2D eigenvalue weighted by Gasteiger charge is -2.31. The molecule has 4 nitrogen and oxygen atoms in total. The minimum atomic E-state index is 0.239. The average Bonchev–Trinajstić information content (AvgIpc) is 2.85. The van der Waals surface area contributed by atoms with E-state index in [-0.39, 0.29) is 6.04 Å². The molecule has 2 aromatic heterocycles. The van der Waals surface area contributed by atoms with Gasteiger partial charge in [0.05, 0.1) is 6.04 Å². The normalized spacial score (nSPS) is 25.6. The lowest BCUT2D eigenvalue weighted by molar-refractivity contribution is 0.260. The van der Waals surface area contributed by atoms with E-state index in [2.05, 4.69) is 33.8 Å². The van der Waals surface area contributed by atoms with Gasteiger partial charge in [-0.15, -0.1) is 10.2 Å². The molecule has 1 fully saturated rings. The van der Waals surface area contributed by atoms with Crippen molar-refractivity contribution in [3.63, 3.8) is 0 Å². The van der Waals surface area contributed by atoms with Crippen LogP contribution >= 0.6 is 0 Å². The lowest BCUT2D eigenvalue weighted by atomic mass is 9.85. The average molecular weight is 258 g/mol. The molecule has 3 unspecified atom stereocenters. The molecular weight excluding hydrogens is 236 g/mol. The van der Waals surface area contributed by atoms with Crippen LogP contribution in [0.15, 0.2) is 24.4 Å². The fourth-order valence-electron chi connectivity index (χ4n) is 3.11. The topological polar surface area (TPSA) is 42.2 Å². The van der Waals surface area contributed by atoms with Crippen molar-refractivity contribution < 1.29 is 0 Å². The van der Waals surface area contributed by atoms with Gasteiger partial charge in [0.2, 0.25) is 0 Å². The molecule has 1 aliphatic carbocycles. The van der Waals surface area contributed by atoms with Crippen molar-refractivity contribution in [1.82, 2.24) is 19.9 Å².